The first-order valence-electron chi connectivity index (χ1n) is 6.79. The summed E-state index contributed by atoms with van der Waals surface area (Å²) in [5.41, 5.74) is 1.83. The van der Waals surface area contributed by atoms with E-state index in [0.717, 1.165) is 25.8 Å². The van der Waals surface area contributed by atoms with Gasteiger partial charge in [-0.05, 0) is 31.5 Å². The fourth-order valence-corrected chi connectivity index (χ4v) is 2.52. The Morgan fingerprint density at radius 2 is 2.24 bits per heavy atom. The number of amides is 1. The Morgan fingerprint density at radius 3 is 2.95 bits per heavy atom. The lowest BCUT2D eigenvalue weighted by atomic mass is 10.0. The molecule has 1 saturated heterocycles. The Hall–Kier alpha value is -1.79. The first-order valence-corrected chi connectivity index (χ1v) is 6.79. The number of carbonyl (C=O) groups is 1. The zero-order valence-corrected chi connectivity index (χ0v) is 12.5. The molecular weight excluding hydrogens is 294 g/mol. The van der Waals surface area contributed by atoms with E-state index in [4.69, 9.17) is 4.42 Å². The van der Waals surface area contributed by atoms with Crippen molar-refractivity contribution in [2.24, 2.45) is 7.05 Å². The summed E-state index contributed by atoms with van der Waals surface area (Å²) in [5.74, 6) is -0.445. The smallest absolute Gasteiger partial charge is 0.408 e. The highest BCUT2D eigenvalue weighted by Gasteiger charge is 2.20. The van der Waals surface area contributed by atoms with Crippen LogP contribution in [0.5, 0.6) is 0 Å². The van der Waals surface area contributed by atoms with Gasteiger partial charge in [0.1, 0.15) is 0 Å². The number of halogens is 1. The van der Waals surface area contributed by atoms with Gasteiger partial charge in [-0.2, -0.15) is 0 Å². The molecule has 1 aliphatic rings. The molecule has 1 unspecified atom stereocenters. The van der Waals surface area contributed by atoms with Crippen LogP contribution >= 0.6 is 12.4 Å². The monoisotopic (exact) mass is 311 g/mol. The van der Waals surface area contributed by atoms with E-state index < -0.39 is 5.76 Å². The molecule has 2 N–H and O–H groups in total. The van der Waals surface area contributed by atoms with Gasteiger partial charge in [-0.1, -0.05) is 6.42 Å². The van der Waals surface area contributed by atoms with Gasteiger partial charge in [0.15, 0.2) is 5.58 Å². The van der Waals surface area contributed by atoms with Gasteiger partial charge in [0.2, 0.25) is 5.91 Å². The van der Waals surface area contributed by atoms with Crippen molar-refractivity contribution in [2.75, 3.05) is 11.9 Å². The maximum absolute atomic E-state index is 12.1. The van der Waals surface area contributed by atoms with E-state index in [1.165, 1.54) is 4.57 Å². The van der Waals surface area contributed by atoms with E-state index in [1.54, 1.807) is 25.2 Å². The quantitative estimate of drug-likeness (QED) is 0.884. The Bertz CT molecular complexity index is 701. The standard InChI is InChI=1S/C14H17N3O3.ClH/c1-17-11-6-5-9(8-12(11)20-14(17)19)16-13(18)10-4-2-3-7-15-10;/h5-6,8,10,15H,2-4,7H2,1H3,(H,16,18);1H. The molecule has 3 rings (SSSR count). The average molecular weight is 312 g/mol. The number of fused-ring (bicyclic) bond motifs is 1. The number of hydrogen-bond donors (Lipinski definition) is 2. The van der Waals surface area contributed by atoms with Gasteiger partial charge in [-0.3, -0.25) is 9.36 Å². The molecule has 0 aliphatic carbocycles. The van der Waals surface area contributed by atoms with E-state index in [9.17, 15) is 9.59 Å². The lowest BCUT2D eigenvalue weighted by Crippen LogP contribution is -2.43. The summed E-state index contributed by atoms with van der Waals surface area (Å²) in [6, 6.07) is 5.09. The molecule has 0 radical (unpaired) electrons. The number of oxazole rings is 1. The lowest BCUT2D eigenvalue weighted by Gasteiger charge is -2.22. The first kappa shape index (κ1) is 15.6. The molecular formula is C14H18ClN3O3. The molecule has 0 saturated carbocycles. The van der Waals surface area contributed by atoms with Gasteiger partial charge in [0.25, 0.3) is 0 Å². The average Bonchev–Trinajstić information content (AvgIpc) is 2.74. The molecule has 1 aromatic heterocycles. The van der Waals surface area contributed by atoms with Gasteiger partial charge in [0.05, 0.1) is 11.6 Å². The molecule has 2 heterocycles. The van der Waals surface area contributed by atoms with Crippen molar-refractivity contribution in [3.8, 4) is 0 Å². The van der Waals surface area contributed by atoms with Crippen LogP contribution in [0.1, 0.15) is 19.3 Å². The first-order chi connectivity index (χ1) is 9.65. The Labute approximate surface area is 127 Å². The van der Waals surface area contributed by atoms with Gasteiger partial charge in [-0.25, -0.2) is 4.79 Å². The summed E-state index contributed by atoms with van der Waals surface area (Å²) in [5, 5.41) is 6.06. The van der Waals surface area contributed by atoms with Crippen molar-refractivity contribution in [1.82, 2.24) is 9.88 Å². The fourth-order valence-electron chi connectivity index (χ4n) is 2.52. The maximum atomic E-state index is 12.1. The molecule has 114 valence electrons. The number of aryl methyl sites for hydroxylation is 1. The molecule has 0 bridgehead atoms. The summed E-state index contributed by atoms with van der Waals surface area (Å²) < 4.78 is 6.54. The number of anilines is 1. The molecule has 7 heteroatoms. The second kappa shape index (κ2) is 6.32. The maximum Gasteiger partial charge on any atom is 0.419 e. The number of aromatic nitrogens is 1. The van der Waals surface area contributed by atoms with Crippen LogP contribution in [0.15, 0.2) is 27.4 Å². The Kier molecular flexibility index (Phi) is 4.69. The van der Waals surface area contributed by atoms with Crippen molar-refractivity contribution in [3.05, 3.63) is 28.7 Å². The summed E-state index contributed by atoms with van der Waals surface area (Å²) in [4.78, 5) is 23.5. The minimum absolute atomic E-state index is 0. The van der Waals surface area contributed by atoms with Crippen LogP contribution < -0.4 is 16.4 Å². The number of benzene rings is 1. The van der Waals surface area contributed by atoms with Crippen molar-refractivity contribution >= 4 is 35.1 Å². The van der Waals surface area contributed by atoms with Gasteiger partial charge < -0.3 is 15.1 Å². The zero-order chi connectivity index (χ0) is 14.1. The van der Waals surface area contributed by atoms with Crippen LogP contribution in [-0.2, 0) is 11.8 Å². The number of hydrogen-bond acceptors (Lipinski definition) is 4. The molecule has 6 nitrogen and oxygen atoms in total. The molecule has 1 amide bonds. The van der Waals surface area contributed by atoms with Crippen molar-refractivity contribution in [1.29, 1.82) is 0 Å². The lowest BCUT2D eigenvalue weighted by molar-refractivity contribution is -0.118. The third-order valence-corrected chi connectivity index (χ3v) is 3.69. The summed E-state index contributed by atoms with van der Waals surface area (Å²) in [6.45, 7) is 0.880. The van der Waals surface area contributed by atoms with Crippen LogP contribution in [0.4, 0.5) is 5.69 Å². The largest absolute Gasteiger partial charge is 0.419 e. The third kappa shape index (κ3) is 3.11. The second-order valence-corrected chi connectivity index (χ2v) is 5.10. The number of piperidine rings is 1. The molecule has 21 heavy (non-hydrogen) atoms. The number of nitrogens with one attached hydrogen (secondary N) is 2. The molecule has 1 aliphatic heterocycles. The minimum Gasteiger partial charge on any atom is -0.408 e. The predicted octanol–water partition coefficient (Wildman–Crippen LogP) is 1.63. The van der Waals surface area contributed by atoms with Gasteiger partial charge >= 0.3 is 5.76 Å². The molecule has 0 spiro atoms. The molecule has 1 aromatic carbocycles. The third-order valence-electron chi connectivity index (χ3n) is 3.69. The molecule has 1 atom stereocenters. The van der Waals surface area contributed by atoms with Gasteiger partial charge in [-0.15, -0.1) is 12.4 Å². The highest BCUT2D eigenvalue weighted by molar-refractivity contribution is 5.96. The second-order valence-electron chi connectivity index (χ2n) is 5.10. The van der Waals surface area contributed by atoms with E-state index in [0.29, 0.717) is 16.8 Å². The minimum atomic E-state index is -0.405. The highest BCUT2D eigenvalue weighted by atomic mass is 35.5. The van der Waals surface area contributed by atoms with E-state index in [1.807, 2.05) is 0 Å². The summed E-state index contributed by atoms with van der Waals surface area (Å²) >= 11 is 0. The number of carbonyl (C=O) groups excluding carboxylic acids is 1. The van der Waals surface area contributed by atoms with Crippen molar-refractivity contribution < 1.29 is 9.21 Å². The van der Waals surface area contributed by atoms with Crippen LogP contribution in [0, 0.1) is 0 Å². The predicted molar refractivity (Wildman–Crippen MR) is 83.0 cm³/mol. The van der Waals surface area contributed by atoms with Crippen LogP contribution in [0.25, 0.3) is 11.1 Å². The van der Waals surface area contributed by atoms with Gasteiger partial charge in [0, 0.05) is 18.8 Å². The number of nitrogens with zero attached hydrogens (tertiary/aromatic N) is 1. The van der Waals surface area contributed by atoms with Crippen molar-refractivity contribution in [3.63, 3.8) is 0 Å². The van der Waals surface area contributed by atoms with E-state index in [-0.39, 0.29) is 24.4 Å². The Balaban J connectivity index is 0.00000161. The normalized spacial score (nSPS) is 18.2. The van der Waals surface area contributed by atoms with Crippen LogP contribution in [-0.4, -0.2) is 23.1 Å². The van der Waals surface area contributed by atoms with Crippen LogP contribution in [0.2, 0.25) is 0 Å². The number of rotatable bonds is 2. The summed E-state index contributed by atoms with van der Waals surface area (Å²) in [7, 11) is 1.65. The molecule has 1 fully saturated rings. The van der Waals surface area contributed by atoms with Crippen molar-refractivity contribution in [2.45, 2.75) is 25.3 Å². The SMILES string of the molecule is Cl.Cn1c(=O)oc2cc(NC(=O)C3CCCCN3)ccc21. The van der Waals surface area contributed by atoms with E-state index in [2.05, 4.69) is 10.6 Å². The topological polar surface area (TPSA) is 76.3 Å². The summed E-state index contributed by atoms with van der Waals surface area (Å²) in [6.07, 6.45) is 3.04. The zero-order valence-electron chi connectivity index (χ0n) is 11.7. The van der Waals surface area contributed by atoms with Crippen LogP contribution in [0.3, 0.4) is 0 Å². The fraction of sp³-hybridized carbons (Fsp3) is 0.429. The Morgan fingerprint density at radius 1 is 1.43 bits per heavy atom. The van der Waals surface area contributed by atoms with E-state index >= 15 is 0 Å². The highest BCUT2D eigenvalue weighted by Crippen LogP contribution is 2.18. The molecule has 2 aromatic rings.